The molecule has 0 radical (unpaired) electrons. The van der Waals surface area contributed by atoms with Crippen LogP contribution in [0, 0.1) is 5.82 Å². The molecule has 40 heavy (non-hydrogen) atoms. The zero-order valence-corrected chi connectivity index (χ0v) is 22.8. The summed E-state index contributed by atoms with van der Waals surface area (Å²) < 4.78 is 14.8. The number of anilines is 2. The number of aromatic nitrogens is 2. The number of nitrogens with zero attached hydrogens (tertiary/aromatic N) is 5. The third-order valence-corrected chi connectivity index (χ3v) is 7.52. The molecule has 6 rings (SSSR count). The number of likely N-dealkylation sites (N-methyl/N-ethyl adjacent to an activating group) is 1. The predicted octanol–water partition coefficient (Wildman–Crippen LogP) is 5.35. The summed E-state index contributed by atoms with van der Waals surface area (Å²) in [6, 6.07) is 19.8. The van der Waals surface area contributed by atoms with E-state index in [4.69, 9.17) is 21.6 Å². The highest BCUT2D eigenvalue weighted by Gasteiger charge is 2.23. The first kappa shape index (κ1) is 26.1. The van der Waals surface area contributed by atoms with Crippen LogP contribution in [-0.4, -0.2) is 64.6 Å². The van der Waals surface area contributed by atoms with E-state index in [1.165, 1.54) is 6.07 Å². The van der Waals surface area contributed by atoms with E-state index in [0.717, 1.165) is 48.6 Å². The minimum absolute atomic E-state index is 0.132. The summed E-state index contributed by atoms with van der Waals surface area (Å²) in [6.45, 7) is 3.60. The third kappa shape index (κ3) is 5.46. The molecule has 3 heterocycles. The van der Waals surface area contributed by atoms with Gasteiger partial charge >= 0.3 is 0 Å². The van der Waals surface area contributed by atoms with Crippen LogP contribution in [-0.2, 0) is 17.8 Å². The van der Waals surface area contributed by atoms with Crippen molar-refractivity contribution in [1.29, 1.82) is 0 Å². The average Bonchev–Trinajstić information content (AvgIpc) is 3.10. The summed E-state index contributed by atoms with van der Waals surface area (Å²) >= 11 is 6.37. The first-order valence-electron chi connectivity index (χ1n) is 13.2. The lowest BCUT2D eigenvalue weighted by Crippen LogP contribution is -2.47. The van der Waals surface area contributed by atoms with Gasteiger partial charge < -0.3 is 15.1 Å². The number of aliphatic imine (C=N–C) groups is 1. The Hall–Kier alpha value is -4.14. The Morgan fingerprint density at radius 3 is 2.62 bits per heavy atom. The quantitative estimate of drug-likeness (QED) is 0.360. The molecule has 1 fully saturated rings. The van der Waals surface area contributed by atoms with Gasteiger partial charge in [-0.2, -0.15) is 0 Å². The fourth-order valence-corrected chi connectivity index (χ4v) is 5.27. The Balaban J connectivity index is 1.27. The molecule has 1 amide bonds. The van der Waals surface area contributed by atoms with E-state index < -0.39 is 0 Å². The SMILES string of the molecule is CN1CCN(C(=O)Cc2cccc(Nc3ncc4c(n3)-c3ccc(Cl)cc3C(c3ccccc3F)=NC4)c2)CC1. The van der Waals surface area contributed by atoms with Gasteiger partial charge in [0.25, 0.3) is 0 Å². The van der Waals surface area contributed by atoms with Gasteiger partial charge in [-0.1, -0.05) is 41.9 Å². The summed E-state index contributed by atoms with van der Waals surface area (Å²) in [5.41, 5.74) is 5.70. The number of hydrogen-bond acceptors (Lipinski definition) is 6. The van der Waals surface area contributed by atoms with Crippen LogP contribution in [0.3, 0.4) is 0 Å². The molecule has 0 atom stereocenters. The second-order valence-corrected chi connectivity index (χ2v) is 10.5. The molecule has 0 spiro atoms. The molecule has 0 unspecified atom stereocenters. The molecular weight excluding hydrogens is 527 g/mol. The largest absolute Gasteiger partial charge is 0.340 e. The molecule has 7 nitrogen and oxygen atoms in total. The molecule has 1 saturated heterocycles. The summed E-state index contributed by atoms with van der Waals surface area (Å²) in [5.74, 6) is 0.196. The minimum Gasteiger partial charge on any atom is -0.340 e. The number of fused-ring (bicyclic) bond motifs is 3. The molecule has 0 saturated carbocycles. The molecule has 202 valence electrons. The zero-order valence-electron chi connectivity index (χ0n) is 22.1. The van der Waals surface area contributed by atoms with Gasteiger partial charge in [-0.05, 0) is 49.0 Å². The number of carbonyl (C=O) groups excluding carboxylic acids is 1. The van der Waals surface area contributed by atoms with E-state index in [-0.39, 0.29) is 11.7 Å². The van der Waals surface area contributed by atoms with Gasteiger partial charge in [0.2, 0.25) is 11.9 Å². The Kier molecular flexibility index (Phi) is 7.28. The van der Waals surface area contributed by atoms with Gasteiger partial charge in [0.1, 0.15) is 5.82 Å². The number of amides is 1. The molecule has 2 aliphatic rings. The molecule has 2 aliphatic heterocycles. The van der Waals surface area contributed by atoms with Crippen molar-refractivity contribution < 1.29 is 9.18 Å². The lowest BCUT2D eigenvalue weighted by atomic mass is 9.95. The van der Waals surface area contributed by atoms with Crippen LogP contribution in [0.15, 0.2) is 77.9 Å². The second-order valence-electron chi connectivity index (χ2n) is 10.1. The maximum Gasteiger partial charge on any atom is 0.227 e. The smallest absolute Gasteiger partial charge is 0.227 e. The maximum absolute atomic E-state index is 14.8. The number of hydrogen-bond donors (Lipinski definition) is 1. The fraction of sp³-hybridized carbons (Fsp3) is 0.226. The first-order valence-corrected chi connectivity index (χ1v) is 13.6. The van der Waals surface area contributed by atoms with Crippen molar-refractivity contribution in [2.24, 2.45) is 4.99 Å². The van der Waals surface area contributed by atoms with Crippen molar-refractivity contribution in [3.05, 3.63) is 106 Å². The number of piperazine rings is 1. The van der Waals surface area contributed by atoms with Gasteiger partial charge in [-0.25, -0.2) is 14.4 Å². The van der Waals surface area contributed by atoms with Crippen molar-refractivity contribution in [2.75, 3.05) is 38.5 Å². The van der Waals surface area contributed by atoms with Crippen molar-refractivity contribution in [1.82, 2.24) is 19.8 Å². The van der Waals surface area contributed by atoms with Gasteiger partial charge in [-0.3, -0.25) is 9.79 Å². The molecule has 4 aromatic rings. The van der Waals surface area contributed by atoms with Crippen molar-refractivity contribution in [3.8, 4) is 11.3 Å². The Labute approximate surface area is 237 Å². The van der Waals surface area contributed by atoms with Crippen LogP contribution < -0.4 is 5.32 Å². The molecule has 1 N–H and O–H groups in total. The number of nitrogens with one attached hydrogen (secondary N) is 1. The third-order valence-electron chi connectivity index (χ3n) is 7.29. The molecule has 9 heteroatoms. The minimum atomic E-state index is -0.349. The Morgan fingerprint density at radius 2 is 1.80 bits per heavy atom. The average molecular weight is 555 g/mol. The van der Waals surface area contributed by atoms with Crippen LogP contribution in [0.2, 0.25) is 5.02 Å². The van der Waals surface area contributed by atoms with Crippen LogP contribution >= 0.6 is 11.6 Å². The van der Waals surface area contributed by atoms with Crippen LogP contribution in [0.25, 0.3) is 11.3 Å². The zero-order chi connectivity index (χ0) is 27.6. The summed E-state index contributed by atoms with van der Waals surface area (Å²) in [6.07, 6.45) is 2.09. The summed E-state index contributed by atoms with van der Waals surface area (Å²) in [7, 11) is 2.07. The lowest BCUT2D eigenvalue weighted by Gasteiger charge is -2.32. The normalized spacial score (nSPS) is 15.1. The fourth-order valence-electron chi connectivity index (χ4n) is 5.10. The van der Waals surface area contributed by atoms with E-state index in [2.05, 4.69) is 22.2 Å². The standard InChI is InChI=1S/C31H28ClFN6O/c1-38-11-13-39(14-12-38)28(40)16-20-5-4-6-23(15-20)36-31-35-19-21-18-34-30(25-7-2-3-8-27(25)33)26-17-22(32)9-10-24(26)29(21)37-31/h2-10,15,17,19H,11-14,16,18H2,1H3,(H,35,36,37). The Bertz CT molecular complexity index is 1620. The monoisotopic (exact) mass is 554 g/mol. The topological polar surface area (TPSA) is 73.7 Å². The highest BCUT2D eigenvalue weighted by molar-refractivity contribution is 6.31. The van der Waals surface area contributed by atoms with E-state index in [1.54, 1.807) is 36.5 Å². The highest BCUT2D eigenvalue weighted by atomic mass is 35.5. The summed E-state index contributed by atoms with van der Waals surface area (Å²) in [5, 5.41) is 3.82. The number of benzene rings is 3. The first-order chi connectivity index (χ1) is 19.4. The van der Waals surface area contributed by atoms with E-state index >= 15 is 0 Å². The van der Waals surface area contributed by atoms with Crippen LogP contribution in [0.5, 0.6) is 0 Å². The van der Waals surface area contributed by atoms with E-state index in [9.17, 15) is 9.18 Å². The highest BCUT2D eigenvalue weighted by Crippen LogP contribution is 2.34. The molecule has 3 aromatic carbocycles. The van der Waals surface area contributed by atoms with Gasteiger partial charge in [0.15, 0.2) is 0 Å². The number of halogens is 2. The lowest BCUT2D eigenvalue weighted by molar-refractivity contribution is -0.132. The van der Waals surface area contributed by atoms with E-state index in [1.807, 2.05) is 35.2 Å². The molecule has 0 bridgehead atoms. The van der Waals surface area contributed by atoms with Crippen molar-refractivity contribution in [3.63, 3.8) is 0 Å². The molecule has 0 aliphatic carbocycles. The van der Waals surface area contributed by atoms with Crippen molar-refractivity contribution >= 4 is 34.9 Å². The van der Waals surface area contributed by atoms with E-state index in [0.29, 0.717) is 46.5 Å². The van der Waals surface area contributed by atoms with Crippen LogP contribution in [0.1, 0.15) is 22.3 Å². The second kappa shape index (κ2) is 11.2. The van der Waals surface area contributed by atoms with Crippen molar-refractivity contribution in [2.45, 2.75) is 13.0 Å². The summed E-state index contributed by atoms with van der Waals surface area (Å²) in [4.78, 5) is 31.1. The number of rotatable bonds is 5. The maximum atomic E-state index is 14.8. The van der Waals surface area contributed by atoms with Crippen LogP contribution in [0.4, 0.5) is 16.0 Å². The Morgan fingerprint density at radius 1 is 0.975 bits per heavy atom. The predicted molar refractivity (Wildman–Crippen MR) is 156 cm³/mol. The van der Waals surface area contributed by atoms with Gasteiger partial charge in [0, 0.05) is 65.3 Å². The number of carbonyl (C=O) groups is 1. The van der Waals surface area contributed by atoms with Gasteiger partial charge in [0.05, 0.1) is 24.4 Å². The molecular formula is C31H28ClFN6O. The molecule has 1 aromatic heterocycles. The van der Waals surface area contributed by atoms with Gasteiger partial charge in [-0.15, -0.1) is 0 Å².